The van der Waals surface area contributed by atoms with E-state index in [0.29, 0.717) is 0 Å². The van der Waals surface area contributed by atoms with Gasteiger partial charge in [-0.2, -0.15) is 0 Å². The number of hydrogen-bond donors (Lipinski definition) is 0. The summed E-state index contributed by atoms with van der Waals surface area (Å²) in [5.74, 6) is -1.55. The second-order valence-electron chi connectivity index (χ2n) is 11.2. The second-order valence-corrected chi connectivity index (χ2v) is 53.7. The van der Waals surface area contributed by atoms with Gasteiger partial charge in [-0.15, -0.1) is 0 Å². The molecule has 0 spiro atoms. The molecule has 38 heavy (non-hydrogen) atoms. The van der Waals surface area contributed by atoms with Gasteiger partial charge in [0.05, 0.1) is 0 Å². The summed E-state index contributed by atoms with van der Waals surface area (Å²) in [4.78, 5) is 4.23. The molecule has 2 aliphatic rings. The fourth-order valence-electron chi connectivity index (χ4n) is 7.05. The number of hydrogen-bond acceptors (Lipinski definition) is 1. The van der Waals surface area contributed by atoms with Crippen LogP contribution in [0.4, 0.5) is 0 Å². The number of allylic oxidation sites excluding steroid dienone is 2. The van der Waals surface area contributed by atoms with Gasteiger partial charge in [-0.1, -0.05) is 0 Å². The van der Waals surface area contributed by atoms with Gasteiger partial charge in [-0.25, -0.2) is 0 Å². The fraction of sp³-hybridized carbons (Fsp3) is 0.182. The first-order valence-electron chi connectivity index (χ1n) is 13.4. The predicted octanol–water partition coefficient (Wildman–Crippen LogP) is 10.0. The molecule has 2 unspecified atom stereocenters. The van der Waals surface area contributed by atoms with Gasteiger partial charge in [0, 0.05) is 0 Å². The van der Waals surface area contributed by atoms with Crippen LogP contribution in [-0.2, 0) is 15.6 Å². The summed E-state index contributed by atoms with van der Waals surface area (Å²) in [6.45, 7) is 9.31. The zero-order valence-corrected chi connectivity index (χ0v) is 27.4. The summed E-state index contributed by atoms with van der Waals surface area (Å²) in [7, 11) is 16.7. The summed E-state index contributed by atoms with van der Waals surface area (Å²) in [5.41, 5.74) is 12.8. The van der Waals surface area contributed by atoms with Crippen molar-refractivity contribution in [3.8, 4) is 22.3 Å². The van der Waals surface area contributed by atoms with Crippen molar-refractivity contribution in [3.05, 3.63) is 125 Å². The maximum absolute atomic E-state index is 8.33. The molecule has 1 nitrogen and oxygen atoms in total. The van der Waals surface area contributed by atoms with E-state index in [1.165, 1.54) is 55.7 Å². The van der Waals surface area contributed by atoms with Crippen molar-refractivity contribution in [2.75, 3.05) is 0 Å². The monoisotopic (exact) mass is 630 g/mol. The van der Waals surface area contributed by atoms with E-state index < -0.39 is 21.5 Å². The SMILES string of the molecule is CC1=Cc2c(-c3ccccc3)cccc2[CH]1[Zr]([Cl])([Cl])([CH]1C(C)=Cc2c(-c3ccncc3)cccc21)[SiH](C)C. The van der Waals surface area contributed by atoms with Crippen LogP contribution in [0, 0.1) is 0 Å². The third kappa shape index (κ3) is 3.85. The maximum atomic E-state index is 8.33. The molecular weight excluding hydrogens is 601 g/mol. The average Bonchev–Trinajstić information content (AvgIpc) is 3.46. The molecule has 1 aromatic heterocycles. The van der Waals surface area contributed by atoms with E-state index in [1.807, 2.05) is 12.4 Å². The fourth-order valence-corrected chi connectivity index (χ4v) is 40.0. The molecule has 5 heteroatoms. The quantitative estimate of drug-likeness (QED) is 0.200. The van der Waals surface area contributed by atoms with E-state index in [9.17, 15) is 0 Å². The molecule has 4 aromatic rings. The Morgan fingerprint density at radius 1 is 0.632 bits per heavy atom. The van der Waals surface area contributed by atoms with Crippen LogP contribution in [0.15, 0.2) is 102 Å². The van der Waals surface area contributed by atoms with E-state index in [-0.39, 0.29) is 7.25 Å². The molecule has 1 heterocycles. The molecule has 191 valence electrons. The van der Waals surface area contributed by atoms with E-state index in [4.69, 9.17) is 17.0 Å². The van der Waals surface area contributed by atoms with Gasteiger partial charge in [-0.3, -0.25) is 0 Å². The summed E-state index contributed by atoms with van der Waals surface area (Å²) in [6.07, 6.45) is 8.46. The Balaban J connectivity index is 1.56. The Kier molecular flexibility index (Phi) is 6.59. The Labute approximate surface area is 235 Å². The Bertz CT molecular complexity index is 1490. The first kappa shape index (κ1) is 26.2. The standard InChI is InChI=1S/C16H13.C15H12N.C2H7Si.2ClH.Zr/c1-12-10-14-8-5-9-15(16(14)11-12)13-6-3-2-4-7-13;1-11-9-13-3-2-4-14(15(13)10-11)12-5-7-16-8-6-12;1-3-2;;;/h2-11H,1H3;2-10H,1H3;3H,1-2H3;2*1H;/q;;;;;+2/p-2. The Hall–Kier alpha value is -2.03. The van der Waals surface area contributed by atoms with Crippen LogP contribution in [0.3, 0.4) is 0 Å². The van der Waals surface area contributed by atoms with Crippen LogP contribution < -0.4 is 0 Å². The van der Waals surface area contributed by atoms with Crippen molar-refractivity contribution < 1.29 is 15.6 Å². The van der Waals surface area contributed by atoms with E-state index in [1.54, 1.807) is 0 Å². The predicted molar refractivity (Wildman–Crippen MR) is 165 cm³/mol. The first-order chi connectivity index (χ1) is 18.2. The minimum atomic E-state index is -4.64. The van der Waals surface area contributed by atoms with Gasteiger partial charge in [0.25, 0.3) is 0 Å². The van der Waals surface area contributed by atoms with Gasteiger partial charge in [0.15, 0.2) is 0 Å². The zero-order chi connectivity index (χ0) is 26.7. The number of benzene rings is 3. The number of aromatic nitrogens is 1. The summed E-state index contributed by atoms with van der Waals surface area (Å²) in [5, 5.41) is 0. The van der Waals surface area contributed by atoms with Crippen LogP contribution in [0.1, 0.15) is 43.4 Å². The van der Waals surface area contributed by atoms with Crippen LogP contribution in [0.5, 0.6) is 0 Å². The minimum absolute atomic E-state index is 0.0999. The van der Waals surface area contributed by atoms with Crippen molar-refractivity contribution in [2.24, 2.45) is 0 Å². The van der Waals surface area contributed by atoms with Gasteiger partial charge in [0.2, 0.25) is 0 Å². The second kappa shape index (κ2) is 9.56. The van der Waals surface area contributed by atoms with Crippen LogP contribution in [0.2, 0.25) is 13.1 Å². The third-order valence-electron chi connectivity index (χ3n) is 8.84. The average molecular weight is 633 g/mol. The molecule has 0 aliphatic heterocycles. The van der Waals surface area contributed by atoms with Crippen molar-refractivity contribution >= 4 is 35.1 Å². The molecule has 0 bridgehead atoms. The molecule has 3 aromatic carbocycles. The molecule has 0 N–H and O–H groups in total. The Morgan fingerprint density at radius 2 is 1.11 bits per heavy atom. The number of fused-ring (bicyclic) bond motifs is 2. The molecule has 0 radical (unpaired) electrons. The number of rotatable bonds is 5. The Morgan fingerprint density at radius 3 is 1.58 bits per heavy atom. The molecule has 6 rings (SSSR count). The van der Waals surface area contributed by atoms with E-state index >= 15 is 0 Å². The van der Waals surface area contributed by atoms with Crippen molar-refractivity contribution in [1.29, 1.82) is 0 Å². The van der Waals surface area contributed by atoms with E-state index in [2.05, 4.69) is 123 Å². The topological polar surface area (TPSA) is 12.9 Å². The molecule has 2 atom stereocenters. The van der Waals surface area contributed by atoms with Crippen molar-refractivity contribution in [2.45, 2.75) is 34.2 Å². The number of halogens is 2. The third-order valence-corrected chi connectivity index (χ3v) is 61.1. The van der Waals surface area contributed by atoms with Crippen molar-refractivity contribution in [1.82, 2.24) is 4.98 Å². The zero-order valence-electron chi connectivity index (χ0n) is 22.3. The van der Waals surface area contributed by atoms with Crippen molar-refractivity contribution in [3.63, 3.8) is 0 Å². The molecule has 2 aliphatic carbocycles. The van der Waals surface area contributed by atoms with Gasteiger partial charge >= 0.3 is 237 Å². The number of pyridine rings is 1. The van der Waals surface area contributed by atoms with Gasteiger partial charge in [-0.05, 0) is 0 Å². The molecule has 0 fully saturated rings. The normalized spacial score (nSPS) is 19.4. The molecule has 0 amide bonds. The molecule has 0 saturated heterocycles. The molecule has 0 saturated carbocycles. The van der Waals surface area contributed by atoms with Crippen LogP contribution in [0.25, 0.3) is 34.4 Å². The van der Waals surface area contributed by atoms with E-state index in [0.717, 1.165) is 0 Å². The van der Waals surface area contributed by atoms with Crippen LogP contribution in [-0.4, -0.2) is 10.9 Å². The van der Waals surface area contributed by atoms with Crippen LogP contribution >= 0.6 is 17.0 Å². The first-order valence-corrected chi connectivity index (χ1v) is 29.7. The number of nitrogens with zero attached hydrogens (tertiary/aromatic N) is 1. The summed E-state index contributed by atoms with van der Waals surface area (Å²) < 4.78 is 0.205. The molecular formula is C33H32Cl2NSiZr. The summed E-state index contributed by atoms with van der Waals surface area (Å²) in [6, 6.07) is 28.2. The van der Waals surface area contributed by atoms with Gasteiger partial charge < -0.3 is 0 Å². The van der Waals surface area contributed by atoms with Gasteiger partial charge in [0.1, 0.15) is 0 Å². The summed E-state index contributed by atoms with van der Waals surface area (Å²) >= 11 is -4.64.